The van der Waals surface area contributed by atoms with Gasteiger partial charge < -0.3 is 5.32 Å². The minimum absolute atomic E-state index is 0.106. The van der Waals surface area contributed by atoms with Crippen molar-refractivity contribution in [3.8, 4) is 0 Å². The first-order valence-electron chi connectivity index (χ1n) is 6.01. The van der Waals surface area contributed by atoms with Gasteiger partial charge in [0, 0.05) is 23.7 Å². The molecular formula is C13H19ClN2OS. The molecule has 0 bridgehead atoms. The first-order valence-corrected chi connectivity index (χ1v) is 7.61. The molecule has 1 rings (SSSR count). The van der Waals surface area contributed by atoms with E-state index < -0.39 is 0 Å². The molecular weight excluding hydrogens is 268 g/mol. The van der Waals surface area contributed by atoms with E-state index in [2.05, 4.69) is 30.4 Å². The third-order valence-corrected chi connectivity index (χ3v) is 5.20. The molecule has 0 aliphatic rings. The summed E-state index contributed by atoms with van der Waals surface area (Å²) in [7, 11) is 0. The number of carbonyl (C=O) groups is 1. The lowest BCUT2D eigenvalue weighted by Gasteiger charge is -2.29. The van der Waals surface area contributed by atoms with Gasteiger partial charge in [-0.3, -0.25) is 9.78 Å². The Balaban J connectivity index is 2.69. The number of carbonyl (C=O) groups excluding carboxylic acids is 1. The lowest BCUT2D eigenvalue weighted by Crippen LogP contribution is -2.39. The monoisotopic (exact) mass is 286 g/mol. The van der Waals surface area contributed by atoms with Gasteiger partial charge in [0.15, 0.2) is 0 Å². The van der Waals surface area contributed by atoms with E-state index in [4.69, 9.17) is 11.6 Å². The zero-order valence-corrected chi connectivity index (χ0v) is 12.6. The van der Waals surface area contributed by atoms with Crippen molar-refractivity contribution in [2.45, 2.75) is 31.4 Å². The van der Waals surface area contributed by atoms with Crippen LogP contribution in [-0.4, -0.2) is 28.4 Å². The predicted octanol–water partition coefficient (Wildman–Crippen LogP) is 3.39. The molecule has 0 spiro atoms. The molecule has 0 saturated carbocycles. The number of rotatable bonds is 6. The molecule has 100 valence electrons. The van der Waals surface area contributed by atoms with Crippen LogP contribution in [0.3, 0.4) is 0 Å². The van der Waals surface area contributed by atoms with Gasteiger partial charge in [-0.1, -0.05) is 25.4 Å². The van der Waals surface area contributed by atoms with Gasteiger partial charge in [-0.15, -0.1) is 0 Å². The zero-order valence-electron chi connectivity index (χ0n) is 11.0. The van der Waals surface area contributed by atoms with Gasteiger partial charge in [-0.05, 0) is 25.2 Å². The highest BCUT2D eigenvalue weighted by Gasteiger charge is 2.25. The lowest BCUT2D eigenvalue weighted by atomic mass is 10.0. The second kappa shape index (κ2) is 7.00. The molecule has 3 nitrogen and oxygen atoms in total. The Hall–Kier alpha value is -0.740. The number of amides is 1. The summed E-state index contributed by atoms with van der Waals surface area (Å²) in [5, 5.41) is 3.35. The van der Waals surface area contributed by atoms with E-state index in [0.29, 0.717) is 17.1 Å². The van der Waals surface area contributed by atoms with Crippen LogP contribution in [-0.2, 0) is 0 Å². The average Bonchev–Trinajstić information content (AvgIpc) is 2.41. The topological polar surface area (TPSA) is 42.0 Å². The molecule has 0 radical (unpaired) electrons. The van der Waals surface area contributed by atoms with Crippen LogP contribution in [0.4, 0.5) is 0 Å². The fraction of sp³-hybridized carbons (Fsp3) is 0.538. The van der Waals surface area contributed by atoms with Gasteiger partial charge in [-0.2, -0.15) is 11.8 Å². The normalized spacial score (nSPS) is 11.3. The fourth-order valence-corrected chi connectivity index (χ4v) is 2.76. The number of halogens is 1. The summed E-state index contributed by atoms with van der Waals surface area (Å²) in [6.07, 6.45) is 7.18. The maximum Gasteiger partial charge on any atom is 0.252 e. The highest BCUT2D eigenvalue weighted by molar-refractivity contribution is 8.00. The first-order chi connectivity index (χ1) is 8.58. The molecule has 0 fully saturated rings. The van der Waals surface area contributed by atoms with E-state index in [0.717, 1.165) is 12.8 Å². The van der Waals surface area contributed by atoms with Crippen LogP contribution in [0.2, 0.25) is 5.02 Å². The zero-order chi connectivity index (χ0) is 13.6. The molecule has 0 saturated heterocycles. The minimum atomic E-state index is -0.136. The van der Waals surface area contributed by atoms with Gasteiger partial charge in [0.2, 0.25) is 0 Å². The lowest BCUT2D eigenvalue weighted by molar-refractivity contribution is 0.0949. The van der Waals surface area contributed by atoms with Crippen LogP contribution in [0.25, 0.3) is 0 Å². The summed E-state index contributed by atoms with van der Waals surface area (Å²) in [5.41, 5.74) is 0.480. The Morgan fingerprint density at radius 2 is 2.17 bits per heavy atom. The summed E-state index contributed by atoms with van der Waals surface area (Å²) in [6, 6.07) is 1.64. The van der Waals surface area contributed by atoms with E-state index in [9.17, 15) is 4.79 Å². The third-order valence-electron chi connectivity index (χ3n) is 3.31. The predicted molar refractivity (Wildman–Crippen MR) is 78.4 cm³/mol. The number of pyridine rings is 1. The van der Waals surface area contributed by atoms with Gasteiger partial charge in [0.05, 0.1) is 10.6 Å². The van der Waals surface area contributed by atoms with Gasteiger partial charge >= 0.3 is 0 Å². The molecule has 5 heteroatoms. The van der Waals surface area contributed by atoms with Gasteiger partial charge in [0.25, 0.3) is 5.91 Å². The molecule has 0 atom stereocenters. The molecule has 18 heavy (non-hydrogen) atoms. The van der Waals surface area contributed by atoms with Gasteiger partial charge in [-0.25, -0.2) is 0 Å². The number of aromatic nitrogens is 1. The molecule has 0 unspecified atom stereocenters. The third kappa shape index (κ3) is 3.62. The van der Waals surface area contributed by atoms with Crippen LogP contribution < -0.4 is 5.32 Å². The van der Waals surface area contributed by atoms with Crippen molar-refractivity contribution in [2.75, 3.05) is 12.8 Å². The summed E-state index contributed by atoms with van der Waals surface area (Å²) in [5.74, 6) is -0.136. The molecule has 0 aromatic carbocycles. The average molecular weight is 287 g/mol. The Kier molecular flexibility index (Phi) is 5.96. The molecule has 0 aliphatic heterocycles. The molecule has 1 aromatic heterocycles. The Bertz CT molecular complexity index is 399. The number of hydrogen-bond acceptors (Lipinski definition) is 3. The SMILES string of the molecule is CCC(CC)(CNC(=O)c1ccncc1Cl)SC. The van der Waals surface area contributed by atoms with Crippen molar-refractivity contribution in [3.63, 3.8) is 0 Å². The van der Waals surface area contributed by atoms with E-state index in [1.54, 1.807) is 24.0 Å². The van der Waals surface area contributed by atoms with Crippen molar-refractivity contribution in [2.24, 2.45) is 0 Å². The summed E-state index contributed by atoms with van der Waals surface area (Å²) >= 11 is 7.74. The summed E-state index contributed by atoms with van der Waals surface area (Å²) in [4.78, 5) is 15.9. The quantitative estimate of drug-likeness (QED) is 0.872. The highest BCUT2D eigenvalue weighted by Crippen LogP contribution is 2.29. The van der Waals surface area contributed by atoms with E-state index in [1.165, 1.54) is 6.20 Å². The first kappa shape index (κ1) is 15.3. The van der Waals surface area contributed by atoms with Crippen LogP contribution >= 0.6 is 23.4 Å². The Morgan fingerprint density at radius 1 is 1.50 bits per heavy atom. The number of thioether (sulfide) groups is 1. The number of nitrogens with zero attached hydrogens (tertiary/aromatic N) is 1. The maximum atomic E-state index is 12.0. The van der Waals surface area contributed by atoms with E-state index in [-0.39, 0.29) is 10.7 Å². The molecule has 1 N–H and O–H groups in total. The smallest absolute Gasteiger partial charge is 0.252 e. The minimum Gasteiger partial charge on any atom is -0.351 e. The van der Waals surface area contributed by atoms with E-state index >= 15 is 0 Å². The Labute approximate surface area is 118 Å². The van der Waals surface area contributed by atoms with E-state index in [1.807, 2.05) is 0 Å². The summed E-state index contributed by atoms with van der Waals surface area (Å²) in [6.45, 7) is 4.94. The van der Waals surface area contributed by atoms with Crippen molar-refractivity contribution < 1.29 is 4.79 Å². The van der Waals surface area contributed by atoms with Crippen LogP contribution in [0, 0.1) is 0 Å². The molecule has 0 aliphatic carbocycles. The summed E-state index contributed by atoms with van der Waals surface area (Å²) < 4.78 is 0.106. The number of nitrogens with one attached hydrogen (secondary N) is 1. The van der Waals surface area contributed by atoms with Crippen LogP contribution in [0.5, 0.6) is 0 Å². The fourth-order valence-electron chi connectivity index (χ4n) is 1.76. The standard InChI is InChI=1S/C13H19ClN2OS/c1-4-13(5-2,18-3)9-16-12(17)10-6-7-15-8-11(10)14/h6-8H,4-5,9H2,1-3H3,(H,16,17). The Morgan fingerprint density at radius 3 is 2.67 bits per heavy atom. The van der Waals surface area contributed by atoms with Crippen molar-refractivity contribution >= 4 is 29.3 Å². The maximum absolute atomic E-state index is 12.0. The number of hydrogen-bond donors (Lipinski definition) is 1. The van der Waals surface area contributed by atoms with Gasteiger partial charge in [0.1, 0.15) is 0 Å². The van der Waals surface area contributed by atoms with Crippen LogP contribution in [0.15, 0.2) is 18.5 Å². The van der Waals surface area contributed by atoms with Crippen molar-refractivity contribution in [1.29, 1.82) is 0 Å². The second-order valence-electron chi connectivity index (χ2n) is 4.13. The van der Waals surface area contributed by atoms with Crippen molar-refractivity contribution in [3.05, 3.63) is 29.0 Å². The molecule has 1 aromatic rings. The van der Waals surface area contributed by atoms with Crippen molar-refractivity contribution in [1.82, 2.24) is 10.3 Å². The highest BCUT2D eigenvalue weighted by atomic mass is 35.5. The largest absolute Gasteiger partial charge is 0.351 e. The van der Waals surface area contributed by atoms with Crippen LogP contribution in [0.1, 0.15) is 37.0 Å². The molecule has 1 heterocycles. The molecule has 1 amide bonds. The second-order valence-corrected chi connectivity index (χ2v) is 5.81.